The molecule has 1 N–H and O–H groups in total. The van der Waals surface area contributed by atoms with E-state index in [4.69, 9.17) is 0 Å². The average Bonchev–Trinajstić information content (AvgIpc) is 2.29. The number of hydrogen-bond acceptors (Lipinski definition) is 2. The minimum Gasteiger partial charge on any atom is -0.382 e. The molecule has 0 radical (unpaired) electrons. The van der Waals surface area contributed by atoms with E-state index in [-0.39, 0.29) is 0 Å². The zero-order valence-corrected chi connectivity index (χ0v) is 12.4. The lowest BCUT2D eigenvalue weighted by atomic mass is 10.0. The highest BCUT2D eigenvalue weighted by atomic mass is 79.9. The van der Waals surface area contributed by atoms with Crippen molar-refractivity contribution in [2.45, 2.75) is 13.0 Å². The molecular weight excluding hydrogens is 346 g/mol. The Morgan fingerprint density at radius 2 is 1.94 bits per heavy atom. The lowest BCUT2D eigenvalue weighted by Gasteiger charge is -2.14. The number of nitrogens with zero attached hydrogens (tertiary/aromatic N) is 1. The second-order valence-corrected chi connectivity index (χ2v) is 5.55. The van der Waals surface area contributed by atoms with Gasteiger partial charge in [-0.25, -0.2) is 0 Å². The van der Waals surface area contributed by atoms with Crippen molar-refractivity contribution >= 4 is 31.9 Å². The summed E-state index contributed by atoms with van der Waals surface area (Å²) in [4.78, 5) is 4.25. The fourth-order valence-corrected chi connectivity index (χ4v) is 2.87. The molecule has 0 amide bonds. The Hall–Kier alpha value is -0.710. The number of aliphatic hydroxyl groups is 1. The Labute approximate surface area is 117 Å². The van der Waals surface area contributed by atoms with Crippen LogP contribution in [0.2, 0.25) is 0 Å². The number of halogens is 2. The molecule has 17 heavy (non-hydrogen) atoms. The summed E-state index contributed by atoms with van der Waals surface area (Å²) < 4.78 is 1.67. The van der Waals surface area contributed by atoms with Crippen molar-refractivity contribution in [1.82, 2.24) is 4.98 Å². The molecule has 0 fully saturated rings. The van der Waals surface area contributed by atoms with Crippen molar-refractivity contribution in [1.29, 1.82) is 0 Å². The molecule has 0 aliphatic rings. The average molecular weight is 357 g/mol. The first-order valence-corrected chi connectivity index (χ1v) is 6.72. The second kappa shape index (κ2) is 5.29. The molecular formula is C13H11Br2NO. The maximum absolute atomic E-state index is 10.3. The summed E-state index contributed by atoms with van der Waals surface area (Å²) in [6.45, 7) is 1.98. The van der Waals surface area contributed by atoms with Gasteiger partial charge in [-0.05, 0) is 56.0 Å². The van der Waals surface area contributed by atoms with Crippen LogP contribution < -0.4 is 0 Å². The Morgan fingerprint density at radius 3 is 2.59 bits per heavy atom. The molecule has 1 heterocycles. The lowest BCUT2D eigenvalue weighted by Crippen LogP contribution is -2.05. The van der Waals surface area contributed by atoms with Gasteiger partial charge in [0.1, 0.15) is 6.10 Å². The van der Waals surface area contributed by atoms with E-state index in [0.717, 1.165) is 20.1 Å². The van der Waals surface area contributed by atoms with E-state index in [1.807, 2.05) is 37.3 Å². The molecule has 0 bridgehead atoms. The molecule has 0 saturated heterocycles. The van der Waals surface area contributed by atoms with Crippen LogP contribution in [0.25, 0.3) is 0 Å². The minimum absolute atomic E-state index is 0.627. The summed E-state index contributed by atoms with van der Waals surface area (Å²) in [6.07, 6.45) is 0.973. The minimum atomic E-state index is -0.710. The van der Waals surface area contributed by atoms with Crippen LogP contribution in [0.5, 0.6) is 0 Å². The highest BCUT2D eigenvalue weighted by Crippen LogP contribution is 2.29. The van der Waals surface area contributed by atoms with Crippen LogP contribution in [0, 0.1) is 6.92 Å². The third-order valence-corrected chi connectivity index (χ3v) is 3.65. The van der Waals surface area contributed by atoms with E-state index >= 15 is 0 Å². The van der Waals surface area contributed by atoms with Gasteiger partial charge >= 0.3 is 0 Å². The topological polar surface area (TPSA) is 33.1 Å². The fourth-order valence-electron chi connectivity index (χ4n) is 1.67. The molecule has 1 aromatic heterocycles. The Kier molecular flexibility index (Phi) is 3.97. The normalized spacial score (nSPS) is 12.5. The Morgan fingerprint density at radius 1 is 1.24 bits per heavy atom. The molecule has 2 rings (SSSR count). The molecule has 0 aliphatic carbocycles. The number of hydrogen-bond donors (Lipinski definition) is 1. The van der Waals surface area contributed by atoms with E-state index in [0.29, 0.717) is 5.69 Å². The number of rotatable bonds is 2. The lowest BCUT2D eigenvalue weighted by molar-refractivity contribution is 0.213. The van der Waals surface area contributed by atoms with Crippen molar-refractivity contribution in [2.75, 3.05) is 0 Å². The third-order valence-electron chi connectivity index (χ3n) is 2.58. The van der Waals surface area contributed by atoms with Crippen LogP contribution >= 0.6 is 31.9 Å². The van der Waals surface area contributed by atoms with Crippen molar-refractivity contribution in [3.63, 3.8) is 0 Å². The third kappa shape index (κ3) is 2.76. The summed E-state index contributed by atoms with van der Waals surface area (Å²) in [5.74, 6) is 0. The molecule has 1 aromatic carbocycles. The first-order chi connectivity index (χ1) is 8.09. The van der Waals surface area contributed by atoms with E-state index in [9.17, 15) is 5.11 Å². The largest absolute Gasteiger partial charge is 0.382 e. The van der Waals surface area contributed by atoms with Gasteiger partial charge in [-0.2, -0.15) is 0 Å². The van der Waals surface area contributed by atoms with E-state index in [1.165, 1.54) is 0 Å². The Balaban J connectivity index is 2.44. The van der Waals surface area contributed by atoms with Gasteiger partial charge in [0.05, 0.1) is 5.69 Å². The van der Waals surface area contributed by atoms with Gasteiger partial charge in [-0.3, -0.25) is 4.98 Å². The van der Waals surface area contributed by atoms with Crippen molar-refractivity contribution in [3.8, 4) is 0 Å². The van der Waals surface area contributed by atoms with Gasteiger partial charge in [0.15, 0.2) is 0 Å². The number of benzene rings is 1. The van der Waals surface area contributed by atoms with Gasteiger partial charge in [0.2, 0.25) is 0 Å². The molecule has 4 heteroatoms. The summed E-state index contributed by atoms with van der Waals surface area (Å²) in [7, 11) is 0. The van der Waals surface area contributed by atoms with Crippen LogP contribution in [0.4, 0.5) is 0 Å². The first kappa shape index (κ1) is 12.7. The van der Waals surface area contributed by atoms with E-state index in [1.54, 1.807) is 6.20 Å². The van der Waals surface area contributed by atoms with Gasteiger partial charge in [0.25, 0.3) is 0 Å². The molecule has 0 aliphatic heterocycles. The monoisotopic (exact) mass is 355 g/mol. The number of pyridine rings is 1. The zero-order valence-electron chi connectivity index (χ0n) is 9.19. The fraction of sp³-hybridized carbons (Fsp3) is 0.154. The van der Waals surface area contributed by atoms with E-state index < -0.39 is 6.10 Å². The van der Waals surface area contributed by atoms with E-state index in [2.05, 4.69) is 36.8 Å². The number of aromatic nitrogens is 1. The van der Waals surface area contributed by atoms with Gasteiger partial charge in [-0.1, -0.05) is 24.3 Å². The Bertz CT molecular complexity index is 543. The molecule has 0 spiro atoms. The second-order valence-electron chi connectivity index (χ2n) is 3.78. The number of aryl methyl sites for hydroxylation is 1. The van der Waals surface area contributed by atoms with Crippen LogP contribution in [0.1, 0.15) is 22.9 Å². The van der Waals surface area contributed by atoms with Crippen LogP contribution in [0.15, 0.2) is 45.5 Å². The van der Waals surface area contributed by atoms with Gasteiger partial charge in [-0.15, -0.1) is 0 Å². The maximum Gasteiger partial charge on any atom is 0.122 e. The molecule has 88 valence electrons. The van der Waals surface area contributed by atoms with Crippen LogP contribution in [-0.2, 0) is 0 Å². The molecule has 1 atom stereocenters. The van der Waals surface area contributed by atoms with Crippen molar-refractivity contribution in [3.05, 3.63) is 62.3 Å². The summed E-state index contributed by atoms with van der Waals surface area (Å²) >= 11 is 6.76. The van der Waals surface area contributed by atoms with Crippen molar-refractivity contribution < 1.29 is 5.11 Å². The van der Waals surface area contributed by atoms with Crippen LogP contribution in [-0.4, -0.2) is 10.1 Å². The quantitative estimate of drug-likeness (QED) is 0.882. The zero-order chi connectivity index (χ0) is 12.4. The van der Waals surface area contributed by atoms with Gasteiger partial charge in [0, 0.05) is 15.1 Å². The summed E-state index contributed by atoms with van der Waals surface area (Å²) in [5, 5.41) is 10.3. The maximum atomic E-state index is 10.3. The first-order valence-electron chi connectivity index (χ1n) is 5.14. The smallest absolute Gasteiger partial charge is 0.122 e. The van der Waals surface area contributed by atoms with Gasteiger partial charge < -0.3 is 5.11 Å². The molecule has 2 nitrogen and oxygen atoms in total. The molecule has 2 aromatic rings. The van der Waals surface area contributed by atoms with Crippen molar-refractivity contribution in [2.24, 2.45) is 0 Å². The molecule has 1 unspecified atom stereocenters. The SMILES string of the molecule is Cc1ccccc1C(O)c1ncc(Br)cc1Br. The molecule has 0 saturated carbocycles. The highest BCUT2D eigenvalue weighted by Gasteiger charge is 2.16. The summed E-state index contributed by atoms with van der Waals surface area (Å²) in [6, 6.07) is 9.64. The van der Waals surface area contributed by atoms with Crippen LogP contribution in [0.3, 0.4) is 0 Å². The number of aliphatic hydroxyl groups excluding tert-OH is 1. The predicted octanol–water partition coefficient (Wildman–Crippen LogP) is 4.00. The standard InChI is InChI=1S/C13H11Br2NO/c1-8-4-2-3-5-10(8)13(17)12-11(15)6-9(14)7-16-12/h2-7,13,17H,1H3. The highest BCUT2D eigenvalue weighted by molar-refractivity contribution is 9.11. The summed E-state index contributed by atoms with van der Waals surface area (Å²) in [5.41, 5.74) is 2.56. The predicted molar refractivity (Wildman–Crippen MR) is 74.9 cm³/mol.